The van der Waals surface area contributed by atoms with E-state index in [1.54, 1.807) is 0 Å². The van der Waals surface area contributed by atoms with Crippen LogP contribution < -0.4 is 0 Å². The van der Waals surface area contributed by atoms with Crippen molar-refractivity contribution >= 4 is 39.5 Å². The number of ether oxygens (including phenoxy) is 4. The van der Waals surface area contributed by atoms with Crippen LogP contribution in [-0.4, -0.2) is 96.7 Å². The lowest BCUT2D eigenvalue weighted by Gasteiger charge is -2.21. The first-order valence-electron chi connectivity index (χ1n) is 38.2. The van der Waals surface area contributed by atoms with Crippen LogP contribution in [0.4, 0.5) is 0 Å². The van der Waals surface area contributed by atoms with Crippen molar-refractivity contribution in [3.63, 3.8) is 0 Å². The molecular weight excluding hydrogens is 1210 g/mol. The molecule has 0 bridgehead atoms. The van der Waals surface area contributed by atoms with Gasteiger partial charge in [-0.05, 0) is 31.6 Å². The molecule has 0 saturated heterocycles. The normalized spacial score (nSPS) is 14.3. The second-order valence-corrected chi connectivity index (χ2v) is 29.5. The molecule has 0 spiro atoms. The maximum Gasteiger partial charge on any atom is 0.472 e. The molecule has 3 N–H and O–H groups in total. The molecule has 0 fully saturated rings. The number of rotatable bonds is 73. The first kappa shape index (κ1) is 90.1. The van der Waals surface area contributed by atoms with Crippen molar-refractivity contribution in [2.75, 3.05) is 39.6 Å². The molecule has 17 nitrogen and oxygen atoms in total. The van der Waals surface area contributed by atoms with Gasteiger partial charge in [0.25, 0.3) is 0 Å². The van der Waals surface area contributed by atoms with Gasteiger partial charge in [-0.15, -0.1) is 0 Å². The van der Waals surface area contributed by atoms with Gasteiger partial charge in [0.05, 0.1) is 26.4 Å². The summed E-state index contributed by atoms with van der Waals surface area (Å²) < 4.78 is 68.3. The molecule has 0 radical (unpaired) electrons. The number of carbonyl (C=O) groups is 4. The Morgan fingerprint density at radius 1 is 0.304 bits per heavy atom. The van der Waals surface area contributed by atoms with Crippen LogP contribution in [0.3, 0.4) is 0 Å². The van der Waals surface area contributed by atoms with Gasteiger partial charge in [0.15, 0.2) is 12.2 Å². The van der Waals surface area contributed by atoms with Crippen molar-refractivity contribution in [3.8, 4) is 0 Å². The van der Waals surface area contributed by atoms with Gasteiger partial charge >= 0.3 is 39.5 Å². The van der Waals surface area contributed by atoms with Gasteiger partial charge in [-0.1, -0.05) is 330 Å². The van der Waals surface area contributed by atoms with E-state index in [1.165, 1.54) is 205 Å². The summed E-state index contributed by atoms with van der Waals surface area (Å²) in [5, 5.41) is 10.6. The van der Waals surface area contributed by atoms with Gasteiger partial charge in [0, 0.05) is 25.7 Å². The fraction of sp³-hybridized carbons (Fsp3) is 0.945. The minimum absolute atomic E-state index is 0.103. The van der Waals surface area contributed by atoms with Crippen molar-refractivity contribution in [1.82, 2.24) is 0 Å². The van der Waals surface area contributed by atoms with Crippen LogP contribution >= 0.6 is 15.6 Å². The minimum atomic E-state index is -4.95. The molecule has 0 heterocycles. The lowest BCUT2D eigenvalue weighted by Crippen LogP contribution is -2.30. The van der Waals surface area contributed by atoms with Crippen LogP contribution in [0.2, 0.25) is 0 Å². The zero-order chi connectivity index (χ0) is 67.7. The molecule has 0 amide bonds. The molecule has 0 aliphatic rings. The Hall–Kier alpha value is -1.94. The Morgan fingerprint density at radius 3 is 0.772 bits per heavy atom. The summed E-state index contributed by atoms with van der Waals surface area (Å²) in [6.45, 7) is 7.21. The van der Waals surface area contributed by atoms with Crippen molar-refractivity contribution in [1.29, 1.82) is 0 Å². The number of unbranched alkanes of at least 4 members (excludes halogenated alkanes) is 44. The summed E-state index contributed by atoms with van der Waals surface area (Å²) >= 11 is 0. The Bertz CT molecular complexity index is 1770. The molecule has 19 heteroatoms. The number of phosphoric ester groups is 2. The number of hydrogen-bond acceptors (Lipinski definition) is 15. The molecule has 0 aromatic heterocycles. The van der Waals surface area contributed by atoms with Gasteiger partial charge in [0.1, 0.15) is 19.3 Å². The summed E-state index contributed by atoms with van der Waals surface area (Å²) in [4.78, 5) is 72.6. The number of aliphatic hydroxyl groups excluding tert-OH is 1. The summed E-state index contributed by atoms with van der Waals surface area (Å²) in [5.41, 5.74) is 0. The molecule has 0 saturated carbocycles. The number of hydrogen-bond donors (Lipinski definition) is 3. The summed E-state index contributed by atoms with van der Waals surface area (Å²) in [6, 6.07) is 0. The van der Waals surface area contributed by atoms with Gasteiger partial charge in [0.2, 0.25) is 0 Å². The van der Waals surface area contributed by atoms with Gasteiger partial charge < -0.3 is 33.8 Å². The molecule has 3 unspecified atom stereocenters. The second kappa shape index (κ2) is 66.3. The highest BCUT2D eigenvalue weighted by Crippen LogP contribution is 2.45. The highest BCUT2D eigenvalue weighted by atomic mass is 31.2. The van der Waals surface area contributed by atoms with Crippen LogP contribution in [0.1, 0.15) is 381 Å². The Labute approximate surface area is 562 Å². The maximum absolute atomic E-state index is 13.1. The van der Waals surface area contributed by atoms with E-state index >= 15 is 0 Å². The summed E-state index contributed by atoms with van der Waals surface area (Å²) in [7, 11) is -9.90. The third-order valence-corrected chi connectivity index (χ3v) is 19.3. The highest BCUT2D eigenvalue weighted by Gasteiger charge is 2.30. The minimum Gasteiger partial charge on any atom is -0.462 e. The van der Waals surface area contributed by atoms with Crippen LogP contribution in [-0.2, 0) is 65.4 Å². The number of aliphatic hydroxyl groups is 1. The third-order valence-electron chi connectivity index (χ3n) is 17.4. The monoisotopic (exact) mass is 1350 g/mol. The Kier molecular flexibility index (Phi) is 64.9. The molecule has 6 atom stereocenters. The first-order valence-corrected chi connectivity index (χ1v) is 41.2. The number of phosphoric acid groups is 2. The molecule has 0 aromatic rings. The van der Waals surface area contributed by atoms with Crippen molar-refractivity contribution in [3.05, 3.63) is 0 Å². The standard InChI is InChI=1S/C73H142O17P2/c1-6-10-13-16-19-22-24-26-28-29-30-32-34-36-39-42-48-53-58-72(77)89-68(62-84-71(76)57-52-47-41-38-35-33-31-27-25-23-20-17-14-11-7-2)64-87-91(79,80)85-60-67(74)61-86-92(81,82)88-65-69(63-83-70(75)56-51-46-40-37-21-18-15-12-8-3)90-73(78)59-54-49-44-43-45-50-55-66(5)9-4/h66-69,74H,6-65H2,1-5H3,(H,79,80)(H,81,82)/t66?,67-,68-,69-/m1/s1. The van der Waals surface area contributed by atoms with Crippen molar-refractivity contribution in [2.45, 2.75) is 400 Å². The fourth-order valence-corrected chi connectivity index (χ4v) is 12.7. The maximum atomic E-state index is 13.1. The largest absolute Gasteiger partial charge is 0.472 e. The fourth-order valence-electron chi connectivity index (χ4n) is 11.1. The summed E-state index contributed by atoms with van der Waals surface area (Å²) in [5.74, 6) is -1.40. The average Bonchev–Trinajstić information content (AvgIpc) is 1.70. The first-order chi connectivity index (χ1) is 44.6. The predicted octanol–water partition coefficient (Wildman–Crippen LogP) is 21.3. The van der Waals surface area contributed by atoms with E-state index in [0.717, 1.165) is 95.8 Å². The highest BCUT2D eigenvalue weighted by molar-refractivity contribution is 7.47. The third kappa shape index (κ3) is 65.4. The Morgan fingerprint density at radius 2 is 0.522 bits per heavy atom. The SMILES string of the molecule is CCCCCCCCCCCCCCCCCCCCC(=O)O[C@H](COC(=O)CCCCCCCCCCCCCCCCC)COP(=O)(O)OC[C@@H](O)COP(=O)(O)OC[C@@H](COC(=O)CCCCCCCCCCC)OC(=O)CCCCCCCCC(C)CC. The van der Waals surface area contributed by atoms with Crippen LogP contribution in [0.25, 0.3) is 0 Å². The van der Waals surface area contributed by atoms with E-state index in [-0.39, 0.29) is 25.7 Å². The van der Waals surface area contributed by atoms with E-state index in [0.29, 0.717) is 25.7 Å². The molecule has 0 aliphatic heterocycles. The molecule has 0 aromatic carbocycles. The quantitative estimate of drug-likeness (QED) is 0.0222. The molecule has 546 valence electrons. The van der Waals surface area contributed by atoms with Gasteiger partial charge in [-0.25, -0.2) is 9.13 Å². The molecular formula is C73H142O17P2. The summed E-state index contributed by atoms with van der Waals surface area (Å²) in [6.07, 6.45) is 54.2. The average molecular weight is 1350 g/mol. The van der Waals surface area contributed by atoms with Crippen LogP contribution in [0, 0.1) is 5.92 Å². The van der Waals surface area contributed by atoms with E-state index in [1.807, 2.05) is 0 Å². The topological polar surface area (TPSA) is 237 Å². The van der Waals surface area contributed by atoms with Crippen molar-refractivity contribution < 1.29 is 80.2 Å². The smallest absolute Gasteiger partial charge is 0.462 e. The van der Waals surface area contributed by atoms with Gasteiger partial charge in [-0.2, -0.15) is 0 Å². The van der Waals surface area contributed by atoms with E-state index < -0.39 is 97.5 Å². The van der Waals surface area contributed by atoms with E-state index in [2.05, 4.69) is 34.6 Å². The number of carbonyl (C=O) groups excluding carboxylic acids is 4. The zero-order valence-electron chi connectivity index (χ0n) is 59.7. The van der Waals surface area contributed by atoms with Gasteiger partial charge in [-0.3, -0.25) is 37.3 Å². The van der Waals surface area contributed by atoms with Crippen LogP contribution in [0.15, 0.2) is 0 Å². The van der Waals surface area contributed by atoms with Crippen molar-refractivity contribution in [2.24, 2.45) is 5.92 Å². The van der Waals surface area contributed by atoms with E-state index in [4.69, 9.17) is 37.0 Å². The second-order valence-electron chi connectivity index (χ2n) is 26.6. The molecule has 92 heavy (non-hydrogen) atoms. The molecule has 0 aliphatic carbocycles. The number of esters is 4. The Balaban J connectivity index is 5.21. The predicted molar refractivity (Wildman–Crippen MR) is 372 cm³/mol. The molecule has 0 rings (SSSR count). The van der Waals surface area contributed by atoms with Crippen LogP contribution in [0.5, 0.6) is 0 Å². The zero-order valence-corrected chi connectivity index (χ0v) is 61.5. The lowest BCUT2D eigenvalue weighted by molar-refractivity contribution is -0.161. The van der Waals surface area contributed by atoms with E-state index in [9.17, 15) is 43.2 Å². The lowest BCUT2D eigenvalue weighted by atomic mass is 10.00.